The topological polar surface area (TPSA) is 72.6 Å². The van der Waals surface area contributed by atoms with E-state index in [0.717, 1.165) is 31.6 Å². The van der Waals surface area contributed by atoms with Crippen molar-refractivity contribution in [3.63, 3.8) is 0 Å². The molecule has 3 N–H and O–H groups in total. The lowest BCUT2D eigenvalue weighted by molar-refractivity contribution is -0.137. The number of carboxylic acids is 1. The minimum Gasteiger partial charge on any atom is -0.493 e. The van der Waals surface area contributed by atoms with E-state index >= 15 is 0 Å². The van der Waals surface area contributed by atoms with Crippen molar-refractivity contribution in [3.8, 4) is 5.75 Å². The van der Waals surface area contributed by atoms with Crippen molar-refractivity contribution in [2.24, 2.45) is 5.73 Å². The summed E-state index contributed by atoms with van der Waals surface area (Å²) < 4.78 is 5.53. The summed E-state index contributed by atoms with van der Waals surface area (Å²) in [6.07, 6.45) is 8.30. The number of hydrogen-bond donors (Lipinski definition) is 2. The second kappa shape index (κ2) is 9.07. The zero-order valence-corrected chi connectivity index (χ0v) is 15.0. The van der Waals surface area contributed by atoms with Crippen molar-refractivity contribution in [1.29, 1.82) is 0 Å². The van der Waals surface area contributed by atoms with Gasteiger partial charge in [-0.25, -0.2) is 0 Å². The summed E-state index contributed by atoms with van der Waals surface area (Å²) in [5.41, 5.74) is 9.40. The van der Waals surface area contributed by atoms with Gasteiger partial charge in [-0.2, -0.15) is 0 Å². The molecule has 2 aliphatic rings. The van der Waals surface area contributed by atoms with Crippen LogP contribution >= 0.6 is 0 Å². The molecule has 4 heteroatoms. The molecular formula is C20H31NO3. The van der Waals surface area contributed by atoms with Crippen LogP contribution in [0.4, 0.5) is 0 Å². The molecule has 24 heavy (non-hydrogen) atoms. The predicted octanol–water partition coefficient (Wildman–Crippen LogP) is 4.04. The van der Waals surface area contributed by atoms with Crippen LogP contribution in [0.25, 0.3) is 0 Å². The highest BCUT2D eigenvalue weighted by Gasteiger charge is 2.30. The molecule has 1 aliphatic heterocycles. The lowest BCUT2D eigenvalue weighted by atomic mass is 9.92. The first kappa shape index (κ1) is 18.8. The number of unbranched alkanes of at least 4 members (excludes halogenated alkanes) is 2. The normalized spacial score (nSPS) is 18.9. The van der Waals surface area contributed by atoms with Gasteiger partial charge in [0.15, 0.2) is 0 Å². The molecule has 4 nitrogen and oxygen atoms in total. The molecule has 0 saturated carbocycles. The summed E-state index contributed by atoms with van der Waals surface area (Å²) >= 11 is 0. The molecule has 0 aromatic heterocycles. The average Bonchev–Trinajstić information content (AvgIpc) is 3.13. The number of hydrogen-bond acceptors (Lipinski definition) is 3. The highest BCUT2D eigenvalue weighted by molar-refractivity contribution is 5.69. The highest BCUT2D eigenvalue weighted by atomic mass is 16.5. The molecule has 0 spiro atoms. The van der Waals surface area contributed by atoms with Gasteiger partial charge in [0, 0.05) is 18.0 Å². The third kappa shape index (κ3) is 4.97. The minimum atomic E-state index is -0.700. The van der Waals surface area contributed by atoms with Gasteiger partial charge in [-0.15, -0.1) is 0 Å². The summed E-state index contributed by atoms with van der Waals surface area (Å²) in [6.45, 7) is 5.02. The van der Waals surface area contributed by atoms with Crippen LogP contribution in [0.5, 0.6) is 5.75 Å². The first-order valence-corrected chi connectivity index (χ1v) is 9.27. The summed E-state index contributed by atoms with van der Waals surface area (Å²) in [6, 6.07) is 4.53. The number of carboxylic acid groups (broad SMARTS) is 1. The molecule has 0 bridgehead atoms. The largest absolute Gasteiger partial charge is 0.493 e. The van der Waals surface area contributed by atoms with E-state index in [2.05, 4.69) is 19.9 Å². The van der Waals surface area contributed by atoms with Crippen LogP contribution in [-0.4, -0.2) is 23.7 Å². The number of nitrogens with two attached hydrogens (primary N) is 1. The van der Waals surface area contributed by atoms with Gasteiger partial charge < -0.3 is 15.6 Å². The summed E-state index contributed by atoms with van der Waals surface area (Å²) in [5.74, 6) is 0.467. The van der Waals surface area contributed by atoms with Crippen LogP contribution in [0, 0.1) is 0 Å². The van der Waals surface area contributed by atoms with Gasteiger partial charge in [0.25, 0.3) is 0 Å². The third-order valence-corrected chi connectivity index (χ3v) is 4.87. The number of carbonyl (C=O) groups is 1. The van der Waals surface area contributed by atoms with E-state index in [4.69, 9.17) is 15.6 Å². The fourth-order valence-corrected chi connectivity index (χ4v) is 3.68. The Morgan fingerprint density at radius 3 is 2.83 bits per heavy atom. The number of ether oxygens (including phenoxy) is 1. The lowest BCUT2D eigenvalue weighted by Crippen LogP contribution is -2.13. The van der Waals surface area contributed by atoms with Crippen molar-refractivity contribution in [1.82, 2.24) is 0 Å². The second-order valence-electron chi connectivity index (χ2n) is 7.02. The molecule has 2 atom stereocenters. The molecular weight excluding hydrogens is 302 g/mol. The van der Waals surface area contributed by atoms with E-state index in [0.29, 0.717) is 6.04 Å². The molecule has 0 fully saturated rings. The molecule has 0 radical (unpaired) electrons. The summed E-state index contributed by atoms with van der Waals surface area (Å²) in [7, 11) is 0. The van der Waals surface area contributed by atoms with Crippen molar-refractivity contribution >= 4 is 5.97 Å². The monoisotopic (exact) mass is 333 g/mol. The van der Waals surface area contributed by atoms with Gasteiger partial charge in [-0.3, -0.25) is 4.79 Å². The molecule has 0 unspecified atom stereocenters. The first-order valence-electron chi connectivity index (χ1n) is 9.27. The standard InChI is InChI=1S/C13H14O3.C7H17N/c14-12(15)7-9-2-1-8-3-4-11-10(13(8)9)5-6-16-11;1-3-4-5-6-7(2)8/h3-4,9H,1-2,5-7H2,(H,14,15);7H,3-6,8H2,1-2H3/t9-;7-/m00/s1. The van der Waals surface area contributed by atoms with Gasteiger partial charge in [0.1, 0.15) is 5.75 Å². The van der Waals surface area contributed by atoms with E-state index in [1.54, 1.807) is 0 Å². The fourth-order valence-electron chi connectivity index (χ4n) is 3.68. The molecule has 1 aromatic rings. The SMILES string of the molecule is CCCCC[C@H](C)N.O=C(O)C[C@@H]1CCc2ccc3c(c21)CCO3. The van der Waals surface area contributed by atoms with Gasteiger partial charge >= 0.3 is 5.97 Å². The van der Waals surface area contributed by atoms with Crippen molar-refractivity contribution in [2.75, 3.05) is 6.61 Å². The molecule has 1 aliphatic carbocycles. The zero-order chi connectivity index (χ0) is 17.5. The number of benzene rings is 1. The van der Waals surface area contributed by atoms with Crippen LogP contribution < -0.4 is 10.5 Å². The van der Waals surface area contributed by atoms with Crippen LogP contribution in [0.15, 0.2) is 12.1 Å². The predicted molar refractivity (Wildman–Crippen MR) is 96.7 cm³/mol. The van der Waals surface area contributed by atoms with E-state index in [1.165, 1.54) is 42.4 Å². The van der Waals surface area contributed by atoms with Crippen LogP contribution in [0.3, 0.4) is 0 Å². The zero-order valence-electron chi connectivity index (χ0n) is 15.0. The third-order valence-electron chi connectivity index (χ3n) is 4.87. The van der Waals surface area contributed by atoms with E-state index < -0.39 is 5.97 Å². The Labute approximate surface area is 145 Å². The number of aryl methyl sites for hydroxylation is 1. The number of fused-ring (bicyclic) bond motifs is 3. The van der Waals surface area contributed by atoms with Crippen molar-refractivity contribution < 1.29 is 14.6 Å². The Hall–Kier alpha value is -1.55. The maximum atomic E-state index is 10.8. The molecule has 1 aromatic carbocycles. The smallest absolute Gasteiger partial charge is 0.303 e. The summed E-state index contributed by atoms with van der Waals surface area (Å²) in [4.78, 5) is 10.8. The molecule has 0 amide bonds. The van der Waals surface area contributed by atoms with Crippen LogP contribution in [0.2, 0.25) is 0 Å². The fraction of sp³-hybridized carbons (Fsp3) is 0.650. The maximum Gasteiger partial charge on any atom is 0.303 e. The van der Waals surface area contributed by atoms with Crippen molar-refractivity contribution in [3.05, 3.63) is 28.8 Å². The molecule has 1 heterocycles. The lowest BCUT2D eigenvalue weighted by Gasteiger charge is -2.12. The second-order valence-corrected chi connectivity index (χ2v) is 7.02. The number of rotatable bonds is 6. The van der Waals surface area contributed by atoms with Gasteiger partial charge in [0.05, 0.1) is 13.0 Å². The van der Waals surface area contributed by atoms with E-state index in [-0.39, 0.29) is 12.3 Å². The summed E-state index contributed by atoms with van der Waals surface area (Å²) in [5, 5.41) is 8.92. The highest BCUT2D eigenvalue weighted by Crippen LogP contribution is 2.43. The van der Waals surface area contributed by atoms with E-state index in [1.807, 2.05) is 6.07 Å². The average molecular weight is 333 g/mol. The quantitative estimate of drug-likeness (QED) is 0.771. The Morgan fingerprint density at radius 1 is 1.38 bits per heavy atom. The maximum absolute atomic E-state index is 10.8. The van der Waals surface area contributed by atoms with Gasteiger partial charge in [-0.1, -0.05) is 32.3 Å². The Kier molecular flexibility index (Phi) is 7.10. The van der Waals surface area contributed by atoms with Gasteiger partial charge in [-0.05, 0) is 49.3 Å². The van der Waals surface area contributed by atoms with E-state index in [9.17, 15) is 4.79 Å². The first-order chi connectivity index (χ1) is 11.5. The van der Waals surface area contributed by atoms with Crippen molar-refractivity contribution in [2.45, 2.75) is 77.2 Å². The Morgan fingerprint density at radius 2 is 2.17 bits per heavy atom. The Balaban J connectivity index is 0.000000224. The molecule has 3 rings (SSSR count). The molecule has 0 saturated heterocycles. The van der Waals surface area contributed by atoms with Crippen LogP contribution in [-0.2, 0) is 17.6 Å². The number of aliphatic carboxylic acids is 1. The van der Waals surface area contributed by atoms with Crippen LogP contribution in [0.1, 0.15) is 75.0 Å². The Bertz CT molecular complexity index is 554. The minimum absolute atomic E-state index is 0.198. The van der Waals surface area contributed by atoms with Gasteiger partial charge in [0.2, 0.25) is 0 Å². The molecule has 134 valence electrons.